The topological polar surface area (TPSA) is 71.5 Å². The molecule has 1 atom stereocenters. The van der Waals surface area contributed by atoms with Crippen LogP contribution in [0.1, 0.15) is 25.3 Å². The summed E-state index contributed by atoms with van der Waals surface area (Å²) in [4.78, 5) is 23.6. The Labute approximate surface area is 195 Å². The van der Waals surface area contributed by atoms with Gasteiger partial charge in [-0.15, -0.1) is 0 Å². The monoisotopic (exact) mass is 461 g/mol. The number of carbonyl (C=O) groups excluding carboxylic acids is 1. The summed E-state index contributed by atoms with van der Waals surface area (Å²) in [5.74, 6) is 1.85. The highest BCUT2D eigenvalue weighted by Gasteiger charge is 2.36. The van der Waals surface area contributed by atoms with Gasteiger partial charge in [0, 0.05) is 24.2 Å². The van der Waals surface area contributed by atoms with Gasteiger partial charge in [0.1, 0.15) is 17.6 Å². The molecule has 0 saturated carbocycles. The number of amides is 1. The number of aromatic nitrogens is 2. The minimum absolute atomic E-state index is 0.0604. The maximum Gasteiger partial charge on any atom is 0.383 e. The third kappa shape index (κ3) is 4.05. The largest absolute Gasteiger partial charge is 0.464 e. The number of fused-ring (bicyclic) bond motifs is 5. The van der Waals surface area contributed by atoms with Gasteiger partial charge in [-0.3, -0.25) is 0 Å². The van der Waals surface area contributed by atoms with Crippen LogP contribution in [0.15, 0.2) is 47.2 Å². The Balaban J connectivity index is 1.23. The van der Waals surface area contributed by atoms with Crippen molar-refractivity contribution in [3.8, 4) is 10.9 Å². The third-order valence-corrected chi connectivity index (χ3v) is 7.69. The van der Waals surface area contributed by atoms with Crippen LogP contribution in [0, 0.1) is 11.8 Å². The number of rotatable bonds is 5. The average molecular weight is 462 g/mol. The van der Waals surface area contributed by atoms with E-state index in [9.17, 15) is 4.79 Å². The highest BCUT2D eigenvalue weighted by molar-refractivity contribution is 7.20. The van der Waals surface area contributed by atoms with Crippen molar-refractivity contribution in [1.29, 1.82) is 0 Å². The van der Waals surface area contributed by atoms with E-state index in [-0.39, 0.29) is 5.91 Å². The third-order valence-electron chi connectivity index (χ3n) is 6.80. The van der Waals surface area contributed by atoms with Gasteiger partial charge in [0.25, 0.3) is 5.19 Å². The molecule has 168 valence electrons. The quantitative estimate of drug-likeness (QED) is 0.317. The highest BCUT2D eigenvalue weighted by Crippen LogP contribution is 2.34. The predicted molar refractivity (Wildman–Crippen MR) is 127 cm³/mol. The van der Waals surface area contributed by atoms with E-state index in [0.717, 1.165) is 27.8 Å². The molecule has 3 aromatic heterocycles. The number of thiazole rings is 1. The van der Waals surface area contributed by atoms with Gasteiger partial charge in [-0.25, -0.2) is 9.78 Å². The number of hydrogen-bond donors (Lipinski definition) is 0. The Morgan fingerprint density at radius 3 is 2.97 bits per heavy atom. The maximum atomic E-state index is 12.4. The van der Waals surface area contributed by atoms with Crippen molar-refractivity contribution in [2.75, 3.05) is 19.6 Å². The fourth-order valence-corrected chi connectivity index (χ4v) is 5.80. The number of hydrogen-bond acceptors (Lipinski definition) is 7. The Kier molecular flexibility index (Phi) is 5.19. The molecule has 3 aliphatic heterocycles. The number of ether oxygens (including phenoxy) is 1. The van der Waals surface area contributed by atoms with Crippen molar-refractivity contribution in [3.05, 3.63) is 48.4 Å². The summed E-state index contributed by atoms with van der Waals surface area (Å²) in [6.07, 6.45) is 8.09. The van der Waals surface area contributed by atoms with Crippen LogP contribution in [0.25, 0.3) is 21.3 Å². The summed E-state index contributed by atoms with van der Waals surface area (Å²) in [6.45, 7) is 5.59. The minimum Gasteiger partial charge on any atom is -0.464 e. The van der Waals surface area contributed by atoms with Gasteiger partial charge in [0.05, 0.1) is 23.1 Å². The van der Waals surface area contributed by atoms with Crippen LogP contribution < -0.4 is 4.74 Å². The van der Waals surface area contributed by atoms with Gasteiger partial charge in [0.2, 0.25) is 0 Å². The summed E-state index contributed by atoms with van der Waals surface area (Å²) in [5, 5.41) is 1.53. The van der Waals surface area contributed by atoms with Gasteiger partial charge >= 0.3 is 5.91 Å². The van der Waals surface area contributed by atoms with Crippen LogP contribution in [-0.2, 0) is 11.3 Å². The summed E-state index contributed by atoms with van der Waals surface area (Å²) in [7, 11) is 0. The first-order chi connectivity index (χ1) is 16.1. The summed E-state index contributed by atoms with van der Waals surface area (Å²) in [6, 6.07) is 9.63. The fourth-order valence-electron chi connectivity index (χ4n) is 5.01. The second-order valence-corrected chi connectivity index (χ2v) is 9.92. The molecule has 33 heavy (non-hydrogen) atoms. The molecule has 7 rings (SSSR count). The standard InChI is InChI=1S/C25H25N4O3S/c1-16(30)29(13-18-12-28-9-6-17(18)7-10-28)14-19-15-31-22-11-20(4-5-21(19)22)32-25-27-24-23(33-25)3-2-8-26-24/h2-5,8,11,13,15,17-18H,6-7,9-10,12,14H2,1H3/q+1. The highest BCUT2D eigenvalue weighted by atomic mass is 32.1. The normalized spacial score (nSPS) is 22.8. The Morgan fingerprint density at radius 2 is 2.21 bits per heavy atom. The molecule has 0 spiro atoms. The lowest BCUT2D eigenvalue weighted by Crippen LogP contribution is -2.48. The molecule has 3 aliphatic rings. The van der Waals surface area contributed by atoms with Gasteiger partial charge in [-0.05, 0) is 56.1 Å². The van der Waals surface area contributed by atoms with E-state index in [2.05, 4.69) is 21.1 Å². The van der Waals surface area contributed by atoms with E-state index in [1.165, 1.54) is 37.3 Å². The molecule has 1 amide bonds. The summed E-state index contributed by atoms with van der Waals surface area (Å²) >= 11 is 1.46. The van der Waals surface area contributed by atoms with Crippen molar-refractivity contribution >= 4 is 44.8 Å². The lowest BCUT2D eigenvalue weighted by Gasteiger charge is -2.42. The number of carbonyl (C=O) groups is 1. The molecule has 8 heteroatoms. The number of pyridine rings is 1. The van der Waals surface area contributed by atoms with Crippen LogP contribution in [0.3, 0.4) is 0 Å². The molecular weight excluding hydrogens is 436 g/mol. The molecule has 1 aromatic carbocycles. The Hall–Kier alpha value is -3.10. The Bertz CT molecular complexity index is 1330. The van der Waals surface area contributed by atoms with Crippen molar-refractivity contribution in [3.63, 3.8) is 0 Å². The van der Waals surface area contributed by atoms with Gasteiger partial charge in [-0.1, -0.05) is 11.3 Å². The molecule has 3 saturated heterocycles. The Morgan fingerprint density at radius 1 is 1.33 bits per heavy atom. The van der Waals surface area contributed by atoms with E-state index in [1.807, 2.05) is 34.9 Å². The van der Waals surface area contributed by atoms with Crippen molar-refractivity contribution in [2.24, 2.45) is 11.8 Å². The average Bonchev–Trinajstić information content (AvgIpc) is 3.42. The second-order valence-electron chi connectivity index (χ2n) is 8.92. The van der Waals surface area contributed by atoms with Gasteiger partial charge in [0.15, 0.2) is 18.4 Å². The smallest absolute Gasteiger partial charge is 0.383 e. The molecule has 0 N–H and O–H groups in total. The van der Waals surface area contributed by atoms with Gasteiger partial charge in [-0.2, -0.15) is 9.56 Å². The first-order valence-electron chi connectivity index (χ1n) is 11.4. The number of furan rings is 1. The number of benzene rings is 1. The summed E-state index contributed by atoms with van der Waals surface area (Å²) < 4.78 is 14.6. The molecule has 1 unspecified atom stereocenters. The maximum absolute atomic E-state index is 12.4. The molecule has 6 heterocycles. The first-order valence-corrected chi connectivity index (χ1v) is 12.2. The van der Waals surface area contributed by atoms with E-state index < -0.39 is 0 Å². The van der Waals surface area contributed by atoms with Crippen LogP contribution in [0.4, 0.5) is 0 Å². The molecule has 4 aromatic rings. The number of piperidine rings is 3. The molecule has 2 bridgehead atoms. The molecule has 3 fully saturated rings. The lowest BCUT2D eigenvalue weighted by atomic mass is 9.80. The zero-order valence-electron chi connectivity index (χ0n) is 18.4. The van der Waals surface area contributed by atoms with E-state index in [0.29, 0.717) is 35.0 Å². The van der Waals surface area contributed by atoms with Gasteiger partial charge < -0.3 is 14.1 Å². The lowest BCUT2D eigenvalue weighted by molar-refractivity contribution is -0.461. The summed E-state index contributed by atoms with van der Waals surface area (Å²) in [5.41, 5.74) is 2.41. The molecular formula is C25H25N4O3S+. The number of nitrogens with zero attached hydrogens (tertiary/aromatic N) is 4. The zero-order valence-corrected chi connectivity index (χ0v) is 19.3. The van der Waals surface area contributed by atoms with Crippen LogP contribution in [0.5, 0.6) is 10.9 Å². The molecule has 7 nitrogen and oxygen atoms in total. The predicted octanol–water partition coefficient (Wildman–Crippen LogP) is 4.70. The van der Waals surface area contributed by atoms with Crippen molar-refractivity contribution in [2.45, 2.75) is 26.3 Å². The van der Waals surface area contributed by atoms with Crippen molar-refractivity contribution in [1.82, 2.24) is 14.9 Å². The van der Waals surface area contributed by atoms with E-state index >= 15 is 0 Å². The first kappa shape index (κ1) is 20.5. The van der Waals surface area contributed by atoms with E-state index in [1.54, 1.807) is 19.4 Å². The van der Waals surface area contributed by atoms with Crippen LogP contribution in [-0.4, -0.2) is 51.2 Å². The van der Waals surface area contributed by atoms with Crippen LogP contribution in [0.2, 0.25) is 0 Å². The van der Waals surface area contributed by atoms with Crippen molar-refractivity contribution < 1.29 is 18.5 Å². The van der Waals surface area contributed by atoms with Crippen LogP contribution >= 0.6 is 11.3 Å². The zero-order chi connectivity index (χ0) is 22.4. The molecule has 0 radical (unpaired) electrons. The van der Waals surface area contributed by atoms with E-state index in [4.69, 9.17) is 9.15 Å². The molecule has 0 aliphatic carbocycles. The fraction of sp³-hybridized carbons (Fsp3) is 0.360. The second kappa shape index (κ2) is 8.35. The minimum atomic E-state index is 0.0604. The SMILES string of the molecule is CC(=O)[N+](=CC1CN2CCC1CC2)Cc1coc2cc(Oc3nc4ncccc4s3)ccc12.